The number of nitrogens with zero attached hydrogens (tertiary/aromatic N) is 2. The van der Waals surface area contributed by atoms with E-state index in [4.69, 9.17) is 0 Å². The fourth-order valence-corrected chi connectivity index (χ4v) is 4.02. The monoisotopic (exact) mass is 448 g/mol. The van der Waals surface area contributed by atoms with Gasteiger partial charge in [-0.1, -0.05) is 0 Å². The molecule has 1 atom stereocenters. The van der Waals surface area contributed by atoms with E-state index in [1.54, 1.807) is 13.8 Å². The van der Waals surface area contributed by atoms with Gasteiger partial charge in [0.05, 0.1) is 4.90 Å². The first kappa shape index (κ1) is 23.8. The largest absolute Gasteiger partial charge is 0.424 e. The highest BCUT2D eigenvalue weighted by molar-refractivity contribution is 7.89. The molecule has 1 amide bonds. The Hall–Kier alpha value is -2.44. The van der Waals surface area contributed by atoms with Gasteiger partial charge in [-0.25, -0.2) is 18.1 Å². The average Bonchev–Trinajstić information content (AvgIpc) is 3.08. The summed E-state index contributed by atoms with van der Waals surface area (Å²) in [5.41, 5.74) is -2.32. The quantitative estimate of drug-likeness (QED) is 0.594. The van der Waals surface area contributed by atoms with Crippen molar-refractivity contribution in [3.05, 3.63) is 47.0 Å². The SMILES string of the molecule is CNS(=O)(=O)c1cc(C(=O)NCCC(O)(c2nccn2C)C(F)(F)F)cc(C)c1C. The van der Waals surface area contributed by atoms with Gasteiger partial charge in [0.15, 0.2) is 0 Å². The molecular weight excluding hydrogens is 425 g/mol. The van der Waals surface area contributed by atoms with Crippen LogP contribution in [-0.2, 0) is 22.7 Å². The summed E-state index contributed by atoms with van der Waals surface area (Å²) >= 11 is 0. The number of amides is 1. The molecule has 2 aromatic rings. The molecule has 1 aromatic heterocycles. The van der Waals surface area contributed by atoms with E-state index in [1.165, 1.54) is 26.4 Å². The zero-order chi connectivity index (χ0) is 22.9. The van der Waals surface area contributed by atoms with Gasteiger partial charge in [-0.05, 0) is 44.2 Å². The lowest BCUT2D eigenvalue weighted by Crippen LogP contribution is -2.46. The lowest BCUT2D eigenvalue weighted by Gasteiger charge is -2.30. The van der Waals surface area contributed by atoms with E-state index in [9.17, 15) is 31.5 Å². The summed E-state index contributed by atoms with van der Waals surface area (Å²) in [5.74, 6) is -1.37. The summed E-state index contributed by atoms with van der Waals surface area (Å²) in [5, 5.41) is 12.6. The topological polar surface area (TPSA) is 113 Å². The number of carbonyl (C=O) groups excluding carboxylic acids is 1. The van der Waals surface area contributed by atoms with Gasteiger partial charge < -0.3 is 15.0 Å². The van der Waals surface area contributed by atoms with Gasteiger partial charge in [-0.3, -0.25) is 4.79 Å². The van der Waals surface area contributed by atoms with Crippen LogP contribution in [0, 0.1) is 13.8 Å². The molecule has 0 saturated carbocycles. The Morgan fingerprint density at radius 3 is 2.40 bits per heavy atom. The molecule has 0 radical (unpaired) electrons. The number of aryl methyl sites for hydroxylation is 2. The van der Waals surface area contributed by atoms with Crippen LogP contribution in [0.1, 0.15) is 33.7 Å². The van der Waals surface area contributed by atoms with E-state index in [0.29, 0.717) is 11.1 Å². The lowest BCUT2D eigenvalue weighted by molar-refractivity contribution is -0.272. The molecule has 8 nitrogen and oxygen atoms in total. The van der Waals surface area contributed by atoms with Crippen molar-refractivity contribution >= 4 is 15.9 Å². The predicted molar refractivity (Wildman–Crippen MR) is 102 cm³/mol. The average molecular weight is 448 g/mol. The van der Waals surface area contributed by atoms with Crippen molar-refractivity contribution in [1.29, 1.82) is 0 Å². The maximum atomic E-state index is 13.5. The fraction of sp³-hybridized carbons (Fsp3) is 0.444. The van der Waals surface area contributed by atoms with E-state index in [-0.39, 0.29) is 10.5 Å². The van der Waals surface area contributed by atoms with Gasteiger partial charge in [0.25, 0.3) is 5.91 Å². The van der Waals surface area contributed by atoms with E-state index in [2.05, 4.69) is 15.0 Å². The summed E-state index contributed by atoms with van der Waals surface area (Å²) in [6.45, 7) is 2.67. The van der Waals surface area contributed by atoms with Crippen LogP contribution >= 0.6 is 0 Å². The highest BCUT2D eigenvalue weighted by Crippen LogP contribution is 2.40. The van der Waals surface area contributed by atoms with Crippen molar-refractivity contribution < 1.29 is 31.5 Å². The molecule has 166 valence electrons. The van der Waals surface area contributed by atoms with Crippen LogP contribution in [0.25, 0.3) is 0 Å². The first-order valence-electron chi connectivity index (χ1n) is 8.84. The molecule has 0 aliphatic heterocycles. The highest BCUT2D eigenvalue weighted by Gasteiger charge is 2.57. The molecular formula is C18H23F3N4O4S. The summed E-state index contributed by atoms with van der Waals surface area (Å²) in [7, 11) is -1.29. The molecule has 30 heavy (non-hydrogen) atoms. The molecule has 0 aliphatic carbocycles. The number of hydrogen-bond donors (Lipinski definition) is 3. The molecule has 1 aromatic carbocycles. The van der Waals surface area contributed by atoms with Gasteiger partial charge >= 0.3 is 6.18 Å². The van der Waals surface area contributed by atoms with Crippen LogP contribution in [0.4, 0.5) is 13.2 Å². The normalized spacial score (nSPS) is 14.4. The van der Waals surface area contributed by atoms with Gasteiger partial charge in [-0.15, -0.1) is 0 Å². The third-order valence-corrected chi connectivity index (χ3v) is 6.41. The molecule has 2 rings (SSSR count). The number of hydrogen-bond acceptors (Lipinski definition) is 5. The highest BCUT2D eigenvalue weighted by atomic mass is 32.2. The van der Waals surface area contributed by atoms with Crippen molar-refractivity contribution in [2.75, 3.05) is 13.6 Å². The summed E-state index contributed by atoms with van der Waals surface area (Å²) in [4.78, 5) is 15.9. The maximum Gasteiger partial charge on any atom is 0.424 e. The van der Waals surface area contributed by atoms with Crippen LogP contribution in [0.5, 0.6) is 0 Å². The lowest BCUT2D eigenvalue weighted by atomic mass is 9.97. The maximum absolute atomic E-state index is 13.5. The van der Waals surface area contributed by atoms with Gasteiger partial charge in [0.1, 0.15) is 5.82 Å². The third-order valence-electron chi connectivity index (χ3n) is 4.87. The second-order valence-corrected chi connectivity index (χ2v) is 8.70. The Morgan fingerprint density at radius 2 is 1.90 bits per heavy atom. The summed E-state index contributed by atoms with van der Waals surface area (Å²) in [6.07, 6.45) is -3.50. The summed E-state index contributed by atoms with van der Waals surface area (Å²) < 4.78 is 68.1. The van der Waals surface area contributed by atoms with E-state index in [1.807, 2.05) is 0 Å². The van der Waals surface area contributed by atoms with Crippen LogP contribution in [0.3, 0.4) is 0 Å². The fourth-order valence-electron chi connectivity index (χ4n) is 2.95. The number of sulfonamides is 1. The number of aliphatic hydroxyl groups is 1. The van der Waals surface area contributed by atoms with Crippen LogP contribution in [0.2, 0.25) is 0 Å². The van der Waals surface area contributed by atoms with E-state index in [0.717, 1.165) is 16.8 Å². The number of imidazole rings is 1. The van der Waals surface area contributed by atoms with Crippen LogP contribution < -0.4 is 10.0 Å². The second kappa shape index (κ2) is 8.36. The first-order chi connectivity index (χ1) is 13.7. The molecule has 1 heterocycles. The summed E-state index contributed by atoms with van der Waals surface area (Å²) in [6, 6.07) is 2.59. The number of rotatable bonds is 7. The first-order valence-corrected chi connectivity index (χ1v) is 10.3. The predicted octanol–water partition coefficient (Wildman–Crippen LogP) is 1.52. The zero-order valence-corrected chi connectivity index (χ0v) is 17.6. The Bertz CT molecular complexity index is 1050. The smallest absolute Gasteiger partial charge is 0.374 e. The number of aromatic nitrogens is 2. The molecule has 0 spiro atoms. The number of carbonyl (C=O) groups is 1. The number of benzene rings is 1. The van der Waals surface area contributed by atoms with E-state index < -0.39 is 46.5 Å². The van der Waals surface area contributed by atoms with Crippen molar-refractivity contribution in [2.45, 2.75) is 36.9 Å². The Kier molecular flexibility index (Phi) is 6.64. The van der Waals surface area contributed by atoms with Gasteiger partial charge in [0.2, 0.25) is 15.6 Å². The Labute approximate surface area is 172 Å². The molecule has 12 heteroatoms. The zero-order valence-electron chi connectivity index (χ0n) is 16.8. The second-order valence-electron chi connectivity index (χ2n) is 6.85. The Balaban J connectivity index is 2.24. The van der Waals surface area contributed by atoms with Crippen molar-refractivity contribution in [1.82, 2.24) is 19.6 Å². The molecule has 1 unspecified atom stereocenters. The van der Waals surface area contributed by atoms with Crippen LogP contribution in [-0.4, -0.2) is 48.8 Å². The minimum absolute atomic E-state index is 0.0283. The van der Waals surface area contributed by atoms with Gasteiger partial charge in [0, 0.05) is 38.0 Å². The number of halogens is 3. The van der Waals surface area contributed by atoms with Crippen molar-refractivity contribution in [3.63, 3.8) is 0 Å². The van der Waals surface area contributed by atoms with Crippen molar-refractivity contribution in [2.24, 2.45) is 7.05 Å². The van der Waals surface area contributed by atoms with Crippen LogP contribution in [0.15, 0.2) is 29.4 Å². The minimum Gasteiger partial charge on any atom is -0.374 e. The number of nitrogens with one attached hydrogen (secondary N) is 2. The molecule has 0 bridgehead atoms. The molecule has 0 saturated heterocycles. The molecule has 0 fully saturated rings. The van der Waals surface area contributed by atoms with E-state index >= 15 is 0 Å². The standard InChI is InChI=1S/C18H23F3N4O4S/c1-11-9-13(10-14(12(11)2)30(28,29)22-3)15(26)23-6-5-17(27,18(19,20)21)16-24-7-8-25(16)4/h7-10,22,27H,5-6H2,1-4H3,(H,23,26). The number of alkyl halides is 3. The minimum atomic E-state index is -5.02. The third kappa shape index (κ3) is 4.50. The molecule has 0 aliphatic rings. The van der Waals surface area contributed by atoms with Gasteiger partial charge in [-0.2, -0.15) is 13.2 Å². The Morgan fingerprint density at radius 1 is 1.27 bits per heavy atom. The van der Waals surface area contributed by atoms with Crippen molar-refractivity contribution in [3.8, 4) is 0 Å². The molecule has 3 N–H and O–H groups in total.